The maximum atomic E-state index is 12.3. The largest absolute Gasteiger partial charge is 0.339 e. The van der Waals surface area contributed by atoms with Crippen LogP contribution >= 0.6 is 11.6 Å². The second-order valence-corrected chi connectivity index (χ2v) is 5.59. The molecular weight excluding hydrogens is 330 g/mol. The minimum atomic E-state index is -0.444. The molecule has 24 heavy (non-hydrogen) atoms. The smallest absolute Gasteiger partial charge is 0.324 e. The lowest BCUT2D eigenvalue weighted by atomic mass is 10.1. The molecule has 1 aromatic heterocycles. The molecule has 0 saturated carbocycles. The van der Waals surface area contributed by atoms with Crippen LogP contribution in [0.2, 0.25) is 5.02 Å². The molecule has 1 heterocycles. The van der Waals surface area contributed by atoms with Gasteiger partial charge in [-0.05, 0) is 39.0 Å². The van der Waals surface area contributed by atoms with E-state index in [0.29, 0.717) is 35.2 Å². The summed E-state index contributed by atoms with van der Waals surface area (Å²) in [7, 11) is 0. The first kappa shape index (κ1) is 17.8. The zero-order valence-corrected chi connectivity index (χ0v) is 14.6. The van der Waals surface area contributed by atoms with Crippen LogP contribution in [0.3, 0.4) is 0 Å². The summed E-state index contributed by atoms with van der Waals surface area (Å²) in [5.41, 5.74) is 1.74. The third-order valence-electron chi connectivity index (χ3n) is 3.46. The van der Waals surface area contributed by atoms with Crippen LogP contribution < -0.4 is 10.6 Å². The van der Waals surface area contributed by atoms with Crippen molar-refractivity contribution in [3.05, 3.63) is 40.5 Å². The van der Waals surface area contributed by atoms with Crippen molar-refractivity contribution in [2.24, 2.45) is 0 Å². The molecule has 2 aromatic rings. The molecule has 3 N–H and O–H groups in total. The quantitative estimate of drug-likeness (QED) is 0.771. The molecule has 7 nitrogen and oxygen atoms in total. The van der Waals surface area contributed by atoms with E-state index in [9.17, 15) is 9.59 Å². The van der Waals surface area contributed by atoms with Gasteiger partial charge in [0, 0.05) is 30.5 Å². The van der Waals surface area contributed by atoms with Gasteiger partial charge >= 0.3 is 6.03 Å². The van der Waals surface area contributed by atoms with Gasteiger partial charge in [-0.15, -0.1) is 0 Å². The Morgan fingerprint density at radius 2 is 1.92 bits per heavy atom. The van der Waals surface area contributed by atoms with E-state index in [-0.39, 0.29) is 5.91 Å². The second kappa shape index (κ2) is 7.83. The van der Waals surface area contributed by atoms with Crippen LogP contribution in [-0.2, 0) is 0 Å². The van der Waals surface area contributed by atoms with Gasteiger partial charge < -0.3 is 10.2 Å². The van der Waals surface area contributed by atoms with E-state index in [4.69, 9.17) is 11.6 Å². The molecular formula is C16H20ClN5O2. The molecule has 3 amide bonds. The predicted octanol–water partition coefficient (Wildman–Crippen LogP) is 3.50. The number of benzene rings is 1. The molecule has 8 heteroatoms. The first-order valence-electron chi connectivity index (χ1n) is 7.63. The average Bonchev–Trinajstić information content (AvgIpc) is 2.93. The summed E-state index contributed by atoms with van der Waals surface area (Å²) >= 11 is 6.19. The number of amides is 3. The molecule has 0 spiro atoms. The average molecular weight is 350 g/mol. The van der Waals surface area contributed by atoms with E-state index >= 15 is 0 Å². The van der Waals surface area contributed by atoms with E-state index in [0.717, 1.165) is 5.69 Å². The van der Waals surface area contributed by atoms with Crippen LogP contribution in [-0.4, -0.2) is 40.1 Å². The molecule has 0 aliphatic rings. The standard InChI is InChI=1S/C16H20ClN5O2/c1-4-22(5-2)15(23)12-7-6-11(9-13(12)17)18-16(24)19-14-8-10(3)20-21-14/h6-9H,4-5H2,1-3H3,(H3,18,19,20,21,24). The van der Waals surface area contributed by atoms with E-state index in [1.807, 2.05) is 20.8 Å². The second-order valence-electron chi connectivity index (χ2n) is 5.19. The number of aromatic nitrogens is 2. The van der Waals surface area contributed by atoms with Gasteiger partial charge in [0.15, 0.2) is 5.82 Å². The predicted molar refractivity (Wildman–Crippen MR) is 94.7 cm³/mol. The van der Waals surface area contributed by atoms with Crippen LogP contribution in [0.25, 0.3) is 0 Å². The van der Waals surface area contributed by atoms with E-state index in [2.05, 4.69) is 20.8 Å². The number of hydrogen-bond acceptors (Lipinski definition) is 3. The SMILES string of the molecule is CCN(CC)C(=O)c1ccc(NC(=O)Nc2cc(C)[nH]n2)cc1Cl. The Morgan fingerprint density at radius 1 is 1.21 bits per heavy atom. The lowest BCUT2D eigenvalue weighted by Crippen LogP contribution is -2.30. The van der Waals surface area contributed by atoms with Crippen molar-refractivity contribution in [1.82, 2.24) is 15.1 Å². The fourth-order valence-electron chi connectivity index (χ4n) is 2.21. The molecule has 0 saturated heterocycles. The highest BCUT2D eigenvalue weighted by molar-refractivity contribution is 6.34. The van der Waals surface area contributed by atoms with E-state index < -0.39 is 6.03 Å². The monoisotopic (exact) mass is 349 g/mol. The van der Waals surface area contributed by atoms with Crippen molar-refractivity contribution < 1.29 is 9.59 Å². The fourth-order valence-corrected chi connectivity index (χ4v) is 2.47. The Balaban J connectivity index is 2.06. The van der Waals surface area contributed by atoms with Crippen molar-refractivity contribution in [3.63, 3.8) is 0 Å². The number of nitrogens with zero attached hydrogens (tertiary/aromatic N) is 2. The zero-order valence-electron chi connectivity index (χ0n) is 13.8. The molecule has 2 rings (SSSR count). The topological polar surface area (TPSA) is 90.1 Å². The minimum Gasteiger partial charge on any atom is -0.339 e. The van der Waals surface area contributed by atoms with Gasteiger partial charge in [-0.3, -0.25) is 15.2 Å². The van der Waals surface area contributed by atoms with E-state index in [1.54, 1.807) is 29.2 Å². The third kappa shape index (κ3) is 4.26. The molecule has 1 aromatic carbocycles. The number of hydrogen-bond donors (Lipinski definition) is 3. The number of halogens is 1. The van der Waals surface area contributed by atoms with Crippen LogP contribution in [0.5, 0.6) is 0 Å². The number of urea groups is 1. The maximum Gasteiger partial charge on any atom is 0.324 e. The molecule has 0 bridgehead atoms. The molecule has 0 aliphatic carbocycles. The minimum absolute atomic E-state index is 0.131. The molecule has 0 aliphatic heterocycles. The van der Waals surface area contributed by atoms with Gasteiger partial charge in [-0.1, -0.05) is 11.6 Å². The summed E-state index contributed by atoms with van der Waals surface area (Å²) in [6.07, 6.45) is 0. The maximum absolute atomic E-state index is 12.3. The van der Waals surface area contributed by atoms with Crippen molar-refractivity contribution in [2.45, 2.75) is 20.8 Å². The highest BCUT2D eigenvalue weighted by Gasteiger charge is 2.16. The Hall–Kier alpha value is -2.54. The summed E-state index contributed by atoms with van der Waals surface area (Å²) in [5, 5.41) is 12.2. The van der Waals surface area contributed by atoms with Crippen LogP contribution in [0.1, 0.15) is 29.9 Å². The van der Waals surface area contributed by atoms with Gasteiger partial charge in [0.05, 0.1) is 10.6 Å². The van der Waals surface area contributed by atoms with Crippen molar-refractivity contribution in [2.75, 3.05) is 23.7 Å². The number of nitrogens with one attached hydrogen (secondary N) is 3. The lowest BCUT2D eigenvalue weighted by Gasteiger charge is -2.19. The normalized spacial score (nSPS) is 10.3. The first-order chi connectivity index (χ1) is 11.4. The molecule has 0 atom stereocenters. The highest BCUT2D eigenvalue weighted by Crippen LogP contribution is 2.22. The van der Waals surface area contributed by atoms with E-state index in [1.165, 1.54) is 0 Å². The number of aryl methyl sites for hydroxylation is 1. The Bertz CT molecular complexity index is 740. The summed E-state index contributed by atoms with van der Waals surface area (Å²) in [6, 6.07) is 6.06. The first-order valence-corrected chi connectivity index (χ1v) is 8.01. The number of rotatable bonds is 5. The van der Waals surface area contributed by atoms with Crippen LogP contribution in [0.4, 0.5) is 16.3 Å². The summed E-state index contributed by atoms with van der Waals surface area (Å²) < 4.78 is 0. The molecule has 0 radical (unpaired) electrons. The van der Waals surface area contributed by atoms with Crippen molar-refractivity contribution in [3.8, 4) is 0 Å². The van der Waals surface area contributed by atoms with Gasteiger partial charge in [-0.2, -0.15) is 5.10 Å². The van der Waals surface area contributed by atoms with Crippen molar-refractivity contribution >= 4 is 35.0 Å². The van der Waals surface area contributed by atoms with Gasteiger partial charge in [0.1, 0.15) is 0 Å². The summed E-state index contributed by atoms with van der Waals surface area (Å²) in [4.78, 5) is 25.9. The van der Waals surface area contributed by atoms with Crippen molar-refractivity contribution in [1.29, 1.82) is 0 Å². The summed E-state index contributed by atoms with van der Waals surface area (Å²) in [6.45, 7) is 6.87. The Labute approximate surface area is 145 Å². The number of anilines is 2. The van der Waals surface area contributed by atoms with Crippen LogP contribution in [0.15, 0.2) is 24.3 Å². The Morgan fingerprint density at radius 3 is 2.46 bits per heavy atom. The fraction of sp³-hybridized carbons (Fsp3) is 0.312. The molecule has 0 unspecified atom stereocenters. The number of aromatic amines is 1. The number of carbonyl (C=O) groups is 2. The molecule has 128 valence electrons. The number of carbonyl (C=O) groups excluding carboxylic acids is 2. The summed E-state index contributed by atoms with van der Waals surface area (Å²) in [5.74, 6) is 0.289. The number of H-pyrrole nitrogens is 1. The Kier molecular flexibility index (Phi) is 5.81. The third-order valence-corrected chi connectivity index (χ3v) is 3.77. The molecule has 0 fully saturated rings. The van der Waals surface area contributed by atoms with Gasteiger partial charge in [0.2, 0.25) is 0 Å². The van der Waals surface area contributed by atoms with Crippen LogP contribution in [0, 0.1) is 6.92 Å². The highest BCUT2D eigenvalue weighted by atomic mass is 35.5. The van der Waals surface area contributed by atoms with Gasteiger partial charge in [0.25, 0.3) is 5.91 Å². The van der Waals surface area contributed by atoms with Gasteiger partial charge in [-0.25, -0.2) is 4.79 Å². The lowest BCUT2D eigenvalue weighted by molar-refractivity contribution is 0.0773. The zero-order chi connectivity index (χ0) is 17.7.